The Morgan fingerprint density at radius 1 is 1.05 bits per heavy atom. The Kier molecular flexibility index (Phi) is 8.84. The molecule has 0 heterocycles. The number of alkyl carbamates (subject to hydrolysis) is 1. The van der Waals surface area contributed by atoms with Crippen molar-refractivity contribution in [2.45, 2.75) is 39.8 Å². The number of hydrogen-bond acceptors (Lipinski definition) is 6. The molecule has 0 fully saturated rings. The Bertz CT molecular complexity index is 389. The molecule has 0 aliphatic heterocycles. The number of esters is 2. The van der Waals surface area contributed by atoms with E-state index in [1.165, 1.54) is 7.11 Å². The number of carbonyl (C=O) groups excluding carboxylic acids is 3. The highest BCUT2D eigenvalue weighted by Crippen LogP contribution is 2.08. The number of carbonyl (C=O) groups is 3. The molecular formula is C14H23NO6. The Morgan fingerprint density at radius 2 is 1.62 bits per heavy atom. The lowest BCUT2D eigenvalue weighted by Crippen LogP contribution is -2.37. The van der Waals surface area contributed by atoms with Crippen LogP contribution in [0.15, 0.2) is 12.2 Å². The third kappa shape index (κ3) is 9.48. The third-order valence-electron chi connectivity index (χ3n) is 2.36. The van der Waals surface area contributed by atoms with Crippen molar-refractivity contribution in [1.82, 2.24) is 5.32 Å². The Labute approximate surface area is 124 Å². The largest absolute Gasteiger partial charge is 0.466 e. The molecule has 1 atom stereocenters. The molecule has 120 valence electrons. The second kappa shape index (κ2) is 9.79. The predicted molar refractivity (Wildman–Crippen MR) is 75.5 cm³/mol. The minimum atomic E-state index is -0.709. The fourth-order valence-corrected chi connectivity index (χ4v) is 1.19. The fraction of sp³-hybridized carbons (Fsp3) is 0.643. The van der Waals surface area contributed by atoms with Crippen LogP contribution in [0.4, 0.5) is 4.79 Å². The van der Waals surface area contributed by atoms with Gasteiger partial charge in [0.1, 0.15) is 12.7 Å². The summed E-state index contributed by atoms with van der Waals surface area (Å²) in [6, 6.07) is -0.0455. The molecule has 21 heavy (non-hydrogen) atoms. The SMILES string of the molecule is COC(=O)/C=C/C(=O)OC[C@H](OC(=O)NC(C)C)C(C)C. The van der Waals surface area contributed by atoms with Crippen molar-refractivity contribution in [3.63, 3.8) is 0 Å². The van der Waals surface area contributed by atoms with Crippen LogP contribution in [-0.4, -0.2) is 43.9 Å². The first-order valence-electron chi connectivity index (χ1n) is 6.66. The van der Waals surface area contributed by atoms with Gasteiger partial charge in [0.15, 0.2) is 0 Å². The van der Waals surface area contributed by atoms with E-state index >= 15 is 0 Å². The van der Waals surface area contributed by atoms with Gasteiger partial charge in [0.25, 0.3) is 0 Å². The summed E-state index contributed by atoms with van der Waals surface area (Å²) in [6.07, 6.45) is 0.778. The van der Waals surface area contributed by atoms with Gasteiger partial charge in [-0.15, -0.1) is 0 Å². The Hall–Kier alpha value is -2.05. The highest BCUT2D eigenvalue weighted by atomic mass is 16.6. The van der Waals surface area contributed by atoms with Crippen molar-refractivity contribution in [2.24, 2.45) is 5.92 Å². The number of rotatable bonds is 7. The Morgan fingerprint density at radius 3 is 2.10 bits per heavy atom. The van der Waals surface area contributed by atoms with Crippen LogP contribution in [-0.2, 0) is 23.8 Å². The zero-order valence-corrected chi connectivity index (χ0v) is 13.0. The number of ether oxygens (including phenoxy) is 3. The normalized spacial score (nSPS) is 12.3. The lowest BCUT2D eigenvalue weighted by atomic mass is 10.1. The molecule has 7 heteroatoms. The van der Waals surface area contributed by atoms with Gasteiger partial charge in [-0.3, -0.25) is 0 Å². The van der Waals surface area contributed by atoms with E-state index in [9.17, 15) is 14.4 Å². The van der Waals surface area contributed by atoms with Gasteiger partial charge in [-0.05, 0) is 19.8 Å². The summed E-state index contributed by atoms with van der Waals surface area (Å²) >= 11 is 0. The van der Waals surface area contributed by atoms with Gasteiger partial charge in [0.05, 0.1) is 7.11 Å². The molecule has 1 N–H and O–H groups in total. The van der Waals surface area contributed by atoms with Gasteiger partial charge >= 0.3 is 18.0 Å². The minimum Gasteiger partial charge on any atom is -0.466 e. The lowest BCUT2D eigenvalue weighted by molar-refractivity contribution is -0.142. The van der Waals surface area contributed by atoms with Crippen LogP contribution in [0, 0.1) is 5.92 Å². The van der Waals surface area contributed by atoms with Crippen LogP contribution in [0.3, 0.4) is 0 Å². The second-order valence-electron chi connectivity index (χ2n) is 4.97. The molecule has 0 saturated carbocycles. The van der Waals surface area contributed by atoms with E-state index in [1.807, 2.05) is 27.7 Å². The number of amides is 1. The first kappa shape index (κ1) is 18.9. The van der Waals surface area contributed by atoms with Crippen molar-refractivity contribution in [3.05, 3.63) is 12.2 Å². The van der Waals surface area contributed by atoms with E-state index in [4.69, 9.17) is 9.47 Å². The van der Waals surface area contributed by atoms with Crippen LogP contribution < -0.4 is 5.32 Å². The fourth-order valence-electron chi connectivity index (χ4n) is 1.19. The van der Waals surface area contributed by atoms with Crippen LogP contribution in [0.25, 0.3) is 0 Å². The molecule has 0 saturated heterocycles. The second-order valence-corrected chi connectivity index (χ2v) is 4.97. The van der Waals surface area contributed by atoms with Crippen LogP contribution >= 0.6 is 0 Å². The average Bonchev–Trinajstić information content (AvgIpc) is 2.39. The summed E-state index contributed by atoms with van der Waals surface area (Å²) in [7, 11) is 1.20. The van der Waals surface area contributed by atoms with Crippen molar-refractivity contribution in [2.75, 3.05) is 13.7 Å². The zero-order chi connectivity index (χ0) is 16.4. The van der Waals surface area contributed by atoms with E-state index in [2.05, 4.69) is 10.1 Å². The van der Waals surface area contributed by atoms with Crippen molar-refractivity contribution >= 4 is 18.0 Å². The maximum absolute atomic E-state index is 11.5. The molecule has 0 radical (unpaired) electrons. The Balaban J connectivity index is 4.33. The first-order chi connectivity index (χ1) is 9.76. The van der Waals surface area contributed by atoms with E-state index < -0.39 is 24.1 Å². The van der Waals surface area contributed by atoms with Crippen LogP contribution in [0.2, 0.25) is 0 Å². The van der Waals surface area contributed by atoms with Gasteiger partial charge in [-0.2, -0.15) is 0 Å². The smallest absolute Gasteiger partial charge is 0.407 e. The maximum atomic E-state index is 11.5. The summed E-state index contributed by atoms with van der Waals surface area (Å²) in [5.41, 5.74) is 0. The molecule has 0 rings (SSSR count). The van der Waals surface area contributed by atoms with E-state index in [0.717, 1.165) is 12.2 Å². The van der Waals surface area contributed by atoms with Crippen LogP contribution in [0.5, 0.6) is 0 Å². The summed E-state index contributed by atoms with van der Waals surface area (Å²) < 4.78 is 14.4. The molecule has 0 aromatic carbocycles. The summed E-state index contributed by atoms with van der Waals surface area (Å²) in [5.74, 6) is -1.39. The third-order valence-corrected chi connectivity index (χ3v) is 2.36. The first-order valence-corrected chi connectivity index (χ1v) is 6.66. The molecule has 0 unspecified atom stereocenters. The maximum Gasteiger partial charge on any atom is 0.407 e. The molecule has 7 nitrogen and oxygen atoms in total. The molecule has 1 amide bonds. The standard InChI is InChI=1S/C14H23NO6/c1-9(2)11(21-14(18)15-10(3)4)8-20-13(17)7-6-12(16)19-5/h6-7,9-11H,8H2,1-5H3,(H,15,18)/b7-6+/t11-/m0/s1. The quantitative estimate of drug-likeness (QED) is 0.434. The lowest BCUT2D eigenvalue weighted by Gasteiger charge is -2.21. The van der Waals surface area contributed by atoms with E-state index in [-0.39, 0.29) is 18.6 Å². The highest BCUT2D eigenvalue weighted by molar-refractivity contribution is 5.91. The highest BCUT2D eigenvalue weighted by Gasteiger charge is 2.20. The molecule has 0 aliphatic rings. The summed E-state index contributed by atoms with van der Waals surface area (Å²) in [6.45, 7) is 7.21. The average molecular weight is 301 g/mol. The molecule has 0 aromatic rings. The van der Waals surface area contributed by atoms with Gasteiger partial charge in [0.2, 0.25) is 0 Å². The molecule has 0 aromatic heterocycles. The van der Waals surface area contributed by atoms with Crippen molar-refractivity contribution in [3.8, 4) is 0 Å². The minimum absolute atomic E-state index is 0.0275. The molecule has 0 spiro atoms. The van der Waals surface area contributed by atoms with E-state index in [0.29, 0.717) is 0 Å². The molecule has 0 aliphatic carbocycles. The van der Waals surface area contributed by atoms with Crippen LogP contribution in [0.1, 0.15) is 27.7 Å². The van der Waals surface area contributed by atoms with Crippen molar-refractivity contribution < 1.29 is 28.6 Å². The van der Waals surface area contributed by atoms with Gasteiger partial charge < -0.3 is 19.5 Å². The molecule has 0 bridgehead atoms. The van der Waals surface area contributed by atoms with Gasteiger partial charge in [-0.25, -0.2) is 14.4 Å². The topological polar surface area (TPSA) is 90.9 Å². The van der Waals surface area contributed by atoms with Gasteiger partial charge in [0, 0.05) is 18.2 Å². The summed E-state index contributed by atoms with van der Waals surface area (Å²) in [5, 5.41) is 2.59. The number of hydrogen-bond donors (Lipinski definition) is 1. The van der Waals surface area contributed by atoms with Crippen molar-refractivity contribution in [1.29, 1.82) is 0 Å². The monoisotopic (exact) mass is 301 g/mol. The zero-order valence-electron chi connectivity index (χ0n) is 13.0. The molecular weight excluding hydrogens is 278 g/mol. The predicted octanol–water partition coefficient (Wildman–Crippen LogP) is 1.42. The van der Waals surface area contributed by atoms with Gasteiger partial charge in [-0.1, -0.05) is 13.8 Å². The number of nitrogens with one attached hydrogen (secondary N) is 1. The number of methoxy groups -OCH3 is 1. The summed E-state index contributed by atoms with van der Waals surface area (Å²) in [4.78, 5) is 33.7. The van der Waals surface area contributed by atoms with E-state index in [1.54, 1.807) is 0 Å².